The second-order valence-electron chi connectivity index (χ2n) is 8.71. The maximum Gasteiger partial charge on any atom is 0.324 e. The number of aliphatic carboxylic acids is 1. The highest BCUT2D eigenvalue weighted by Crippen LogP contribution is 2.25. The maximum atomic E-state index is 12.6. The lowest BCUT2D eigenvalue weighted by Crippen LogP contribution is -2.46. The summed E-state index contributed by atoms with van der Waals surface area (Å²) in [6.07, 6.45) is 5.55. The molecule has 0 amide bonds. The molecule has 0 unspecified atom stereocenters. The van der Waals surface area contributed by atoms with Crippen LogP contribution in [0.25, 0.3) is 11.1 Å². The molecule has 1 aliphatic heterocycles. The van der Waals surface area contributed by atoms with E-state index in [-0.39, 0.29) is 12.2 Å². The van der Waals surface area contributed by atoms with Crippen LogP contribution in [0.3, 0.4) is 0 Å². The molecule has 0 aliphatic carbocycles. The molecule has 35 heavy (non-hydrogen) atoms. The fourth-order valence-electron chi connectivity index (χ4n) is 4.08. The van der Waals surface area contributed by atoms with E-state index in [4.69, 9.17) is 4.84 Å². The van der Waals surface area contributed by atoms with Gasteiger partial charge in [0.25, 0.3) is 0 Å². The minimum atomic E-state index is -3.86. The lowest BCUT2D eigenvalue weighted by atomic mass is 10.0. The van der Waals surface area contributed by atoms with Crippen LogP contribution in [0.2, 0.25) is 0 Å². The smallest absolute Gasteiger partial charge is 0.324 e. The zero-order valence-electron chi connectivity index (χ0n) is 20.4. The van der Waals surface area contributed by atoms with Crippen LogP contribution in [0, 0.1) is 0 Å². The highest BCUT2D eigenvalue weighted by molar-refractivity contribution is 7.89. The van der Waals surface area contributed by atoms with Crippen LogP contribution in [0.4, 0.5) is 5.69 Å². The number of carboxylic acids is 1. The molecule has 2 N–H and O–H groups in total. The van der Waals surface area contributed by atoms with E-state index in [1.54, 1.807) is 0 Å². The Kier molecular flexibility index (Phi) is 9.83. The Morgan fingerprint density at radius 2 is 1.91 bits per heavy atom. The topological polar surface area (TPSA) is 108 Å². The molecule has 0 spiro atoms. The lowest BCUT2D eigenvalue weighted by Gasteiger charge is -2.25. The van der Waals surface area contributed by atoms with Crippen LogP contribution < -0.4 is 5.32 Å². The molecule has 0 saturated heterocycles. The molecule has 2 aromatic carbocycles. The third kappa shape index (κ3) is 7.62. The van der Waals surface area contributed by atoms with Crippen molar-refractivity contribution in [1.29, 1.82) is 0 Å². The van der Waals surface area contributed by atoms with Crippen molar-refractivity contribution >= 4 is 27.5 Å². The molecular weight excluding hydrogens is 466 g/mol. The fourth-order valence-corrected chi connectivity index (χ4v) is 5.69. The first-order valence-electron chi connectivity index (χ1n) is 12.1. The summed E-state index contributed by atoms with van der Waals surface area (Å²) < 4.78 is 25.9. The van der Waals surface area contributed by atoms with Gasteiger partial charge in [0.1, 0.15) is 5.84 Å². The third-order valence-electron chi connectivity index (χ3n) is 5.99. The number of nitrogens with one attached hydrogen (secondary N) is 1. The van der Waals surface area contributed by atoms with Gasteiger partial charge < -0.3 is 10.4 Å². The Bertz CT molecular complexity index is 1120. The van der Waals surface area contributed by atoms with Gasteiger partial charge in [-0.3, -0.25) is 14.6 Å². The number of benzene rings is 2. The van der Waals surface area contributed by atoms with Crippen LogP contribution in [-0.2, 0) is 26.1 Å². The van der Waals surface area contributed by atoms with E-state index in [0.29, 0.717) is 22.9 Å². The van der Waals surface area contributed by atoms with Gasteiger partial charge in [0, 0.05) is 25.1 Å². The summed E-state index contributed by atoms with van der Waals surface area (Å²) in [4.78, 5) is 21.6. The summed E-state index contributed by atoms with van der Waals surface area (Å²) in [7, 11) is -2.67. The molecule has 3 rings (SSSR count). The molecule has 0 saturated carbocycles. The fraction of sp³-hybridized carbons (Fsp3) is 0.462. The highest BCUT2D eigenvalue weighted by atomic mass is 32.2. The predicted molar refractivity (Wildman–Crippen MR) is 139 cm³/mol. The number of aliphatic imine (C=N–C) groups is 1. The zero-order chi connectivity index (χ0) is 25.3. The summed E-state index contributed by atoms with van der Waals surface area (Å²) in [5.74, 6) is -0.390. The number of unbranched alkanes of at least 4 members (excludes halogenated alkanes) is 1. The minimum Gasteiger partial charge on any atom is -0.480 e. The summed E-state index contributed by atoms with van der Waals surface area (Å²) in [6, 6.07) is 14.2. The molecule has 0 bridgehead atoms. The number of carboxylic acid groups (broad SMARTS) is 1. The normalized spacial score (nSPS) is 15.3. The Hall–Kier alpha value is -2.75. The first-order valence-corrected chi connectivity index (χ1v) is 13.7. The highest BCUT2D eigenvalue weighted by Gasteiger charge is 2.35. The second kappa shape index (κ2) is 12.8. The largest absolute Gasteiger partial charge is 0.480 e. The quantitative estimate of drug-likeness (QED) is 0.431. The van der Waals surface area contributed by atoms with Crippen LogP contribution in [0.15, 0.2) is 53.5 Å². The number of amidine groups is 1. The predicted octanol–water partition coefficient (Wildman–Crippen LogP) is 4.73. The Morgan fingerprint density at radius 1 is 1.14 bits per heavy atom. The number of hydrogen-bond acceptors (Lipinski definition) is 6. The van der Waals surface area contributed by atoms with Crippen LogP contribution in [-0.4, -0.2) is 55.2 Å². The molecule has 8 nitrogen and oxygen atoms in total. The van der Waals surface area contributed by atoms with Crippen LogP contribution in [0.5, 0.6) is 0 Å². The Balaban J connectivity index is 1.74. The number of anilines is 1. The Labute approximate surface area is 208 Å². The molecule has 0 fully saturated rings. The number of carbonyl (C=O) groups is 1. The van der Waals surface area contributed by atoms with E-state index in [0.717, 1.165) is 48.5 Å². The third-order valence-corrected chi connectivity index (χ3v) is 7.75. The van der Waals surface area contributed by atoms with E-state index >= 15 is 0 Å². The first kappa shape index (κ1) is 26.8. The molecule has 2 aromatic rings. The Morgan fingerprint density at radius 3 is 2.60 bits per heavy atom. The molecule has 9 heteroatoms. The number of hydroxylamine groups is 1. The number of sulfonamides is 1. The van der Waals surface area contributed by atoms with Gasteiger partial charge in [-0.25, -0.2) is 8.42 Å². The van der Waals surface area contributed by atoms with E-state index in [2.05, 4.69) is 16.4 Å². The molecular formula is C26H35N3O5S. The molecule has 0 radical (unpaired) electrons. The van der Waals surface area contributed by atoms with Gasteiger partial charge in [0.05, 0.1) is 12.9 Å². The van der Waals surface area contributed by atoms with Crippen molar-refractivity contribution in [3.8, 4) is 11.1 Å². The average molecular weight is 502 g/mol. The zero-order valence-corrected chi connectivity index (χ0v) is 21.3. The van der Waals surface area contributed by atoms with Crippen molar-refractivity contribution < 1.29 is 23.2 Å². The van der Waals surface area contributed by atoms with Crippen molar-refractivity contribution in [3.63, 3.8) is 0 Å². The minimum absolute atomic E-state index is 0.00374. The van der Waals surface area contributed by atoms with Crippen molar-refractivity contribution in [2.75, 3.05) is 24.7 Å². The molecule has 1 aliphatic rings. The van der Waals surface area contributed by atoms with Gasteiger partial charge in [0.15, 0.2) is 6.04 Å². The lowest BCUT2D eigenvalue weighted by molar-refractivity contribution is -0.156. The van der Waals surface area contributed by atoms with E-state index in [1.807, 2.05) is 49.4 Å². The number of rotatable bonds is 11. The van der Waals surface area contributed by atoms with Gasteiger partial charge in [0.2, 0.25) is 10.0 Å². The van der Waals surface area contributed by atoms with Gasteiger partial charge in [-0.1, -0.05) is 60.6 Å². The average Bonchev–Trinajstić information content (AvgIpc) is 3.11. The molecule has 1 heterocycles. The summed E-state index contributed by atoms with van der Waals surface area (Å²) in [6.45, 7) is 2.74. The van der Waals surface area contributed by atoms with E-state index in [1.165, 1.54) is 13.5 Å². The monoisotopic (exact) mass is 501 g/mol. The van der Waals surface area contributed by atoms with Crippen LogP contribution >= 0.6 is 0 Å². The van der Waals surface area contributed by atoms with Crippen molar-refractivity contribution in [2.45, 2.75) is 57.9 Å². The number of hydrogen-bond donors (Lipinski definition) is 2. The molecule has 1 atom stereocenters. The van der Waals surface area contributed by atoms with Gasteiger partial charge in [-0.15, -0.1) is 0 Å². The van der Waals surface area contributed by atoms with Gasteiger partial charge in [-0.05, 0) is 48.1 Å². The molecule has 190 valence electrons. The van der Waals surface area contributed by atoms with Gasteiger partial charge in [-0.2, -0.15) is 0 Å². The van der Waals surface area contributed by atoms with Gasteiger partial charge >= 0.3 is 5.97 Å². The summed E-state index contributed by atoms with van der Waals surface area (Å²) in [5.41, 5.74) is 3.68. The van der Waals surface area contributed by atoms with Crippen LogP contribution in [0.1, 0.15) is 51.0 Å². The van der Waals surface area contributed by atoms with Crippen molar-refractivity contribution in [1.82, 2.24) is 4.47 Å². The van der Waals surface area contributed by atoms with Crippen molar-refractivity contribution in [3.05, 3.63) is 54.1 Å². The molecule has 0 aromatic heterocycles. The van der Waals surface area contributed by atoms with Crippen molar-refractivity contribution in [2.24, 2.45) is 4.99 Å². The first-order chi connectivity index (χ1) is 16.8. The SMILES string of the molecule is CCCCS(=O)(=O)N(OC)[C@@H](Cc1ccc(-c2cccc(NC3=NCCCCC3)c2)cc1)C(=O)O. The summed E-state index contributed by atoms with van der Waals surface area (Å²) >= 11 is 0. The van der Waals surface area contributed by atoms with E-state index < -0.39 is 22.0 Å². The standard InChI is InChI=1S/C26H35N3O5S/c1-3-4-17-35(32,33)29(34-2)24(26(30)31)18-20-12-14-21(15-13-20)22-9-8-10-23(19-22)28-25-11-6-5-7-16-27-25/h8-10,12-15,19,24H,3-7,11,16-18H2,1-2H3,(H,27,28)(H,30,31)/t24-/m0/s1. The maximum absolute atomic E-state index is 12.6. The number of nitrogens with zero attached hydrogens (tertiary/aromatic N) is 2. The summed E-state index contributed by atoms with van der Waals surface area (Å²) in [5, 5.41) is 13.2. The van der Waals surface area contributed by atoms with E-state index in [9.17, 15) is 18.3 Å². The second-order valence-corrected chi connectivity index (χ2v) is 10.6.